The van der Waals surface area contributed by atoms with Gasteiger partial charge in [0.1, 0.15) is 12.4 Å². The molecule has 1 saturated heterocycles. The molecular formula is C16H21FN2O4S. The first-order chi connectivity index (χ1) is 11.2. The number of likely N-dealkylation sites (N-methyl/N-ethyl adjacent to an activating group) is 1. The third-order valence-electron chi connectivity index (χ3n) is 4.12. The van der Waals surface area contributed by atoms with Crippen LogP contribution in [0.15, 0.2) is 24.3 Å². The Morgan fingerprint density at radius 1 is 1.25 bits per heavy atom. The van der Waals surface area contributed by atoms with Crippen molar-refractivity contribution in [1.82, 2.24) is 4.90 Å². The van der Waals surface area contributed by atoms with Gasteiger partial charge < -0.3 is 9.80 Å². The average molecular weight is 356 g/mol. The molecule has 6 nitrogen and oxygen atoms in total. The number of carbonyl (C=O) groups is 2. The predicted molar refractivity (Wildman–Crippen MR) is 88.9 cm³/mol. The zero-order chi connectivity index (χ0) is 17.9. The number of anilines is 1. The summed E-state index contributed by atoms with van der Waals surface area (Å²) in [5.74, 6) is -1.05. The standard InChI is InChI=1S/C16H21FN2O4S/c1-3-18(15-8-9-24(22,23)11-15)16(21)10-19(12(2)20)14-6-4-13(17)5-7-14/h4-7,15H,3,8-11H2,1-2H3. The lowest BCUT2D eigenvalue weighted by Crippen LogP contribution is -2.47. The molecule has 132 valence electrons. The molecule has 1 atom stereocenters. The van der Waals surface area contributed by atoms with E-state index >= 15 is 0 Å². The van der Waals surface area contributed by atoms with Crippen molar-refractivity contribution >= 4 is 27.3 Å². The van der Waals surface area contributed by atoms with E-state index in [1.807, 2.05) is 0 Å². The smallest absolute Gasteiger partial charge is 0.242 e. The monoisotopic (exact) mass is 356 g/mol. The molecule has 1 aliphatic heterocycles. The minimum Gasteiger partial charge on any atom is -0.337 e. The molecule has 2 amide bonds. The first-order valence-electron chi connectivity index (χ1n) is 7.77. The highest BCUT2D eigenvalue weighted by molar-refractivity contribution is 7.91. The Labute approximate surface area is 141 Å². The average Bonchev–Trinajstić information content (AvgIpc) is 2.86. The van der Waals surface area contributed by atoms with Crippen molar-refractivity contribution in [3.63, 3.8) is 0 Å². The summed E-state index contributed by atoms with van der Waals surface area (Å²) < 4.78 is 36.3. The first-order valence-corrected chi connectivity index (χ1v) is 9.59. The van der Waals surface area contributed by atoms with Gasteiger partial charge in [0.2, 0.25) is 11.8 Å². The van der Waals surface area contributed by atoms with E-state index < -0.39 is 15.7 Å². The van der Waals surface area contributed by atoms with Crippen LogP contribution in [0.3, 0.4) is 0 Å². The Hall–Kier alpha value is -1.96. The van der Waals surface area contributed by atoms with Crippen molar-refractivity contribution in [2.24, 2.45) is 0 Å². The molecule has 1 aromatic rings. The number of rotatable bonds is 5. The third kappa shape index (κ3) is 4.31. The fourth-order valence-electron chi connectivity index (χ4n) is 2.89. The molecule has 8 heteroatoms. The fourth-order valence-corrected chi connectivity index (χ4v) is 4.62. The highest BCUT2D eigenvalue weighted by Crippen LogP contribution is 2.20. The Kier molecular flexibility index (Phi) is 5.58. The van der Waals surface area contributed by atoms with Gasteiger partial charge in [0.15, 0.2) is 9.84 Å². The van der Waals surface area contributed by atoms with Crippen LogP contribution >= 0.6 is 0 Å². The number of hydrogen-bond donors (Lipinski definition) is 0. The van der Waals surface area contributed by atoms with E-state index in [0.717, 1.165) is 0 Å². The summed E-state index contributed by atoms with van der Waals surface area (Å²) in [4.78, 5) is 27.2. The molecule has 24 heavy (non-hydrogen) atoms. The van der Waals surface area contributed by atoms with Crippen molar-refractivity contribution in [3.05, 3.63) is 30.1 Å². The molecule has 0 radical (unpaired) electrons. The maximum absolute atomic E-state index is 13.0. The van der Waals surface area contributed by atoms with Crippen LogP contribution in [0.1, 0.15) is 20.3 Å². The normalized spacial score (nSPS) is 19.0. The van der Waals surface area contributed by atoms with E-state index in [9.17, 15) is 22.4 Å². The molecule has 1 unspecified atom stereocenters. The molecule has 0 aliphatic carbocycles. The van der Waals surface area contributed by atoms with Crippen LogP contribution in [0.4, 0.5) is 10.1 Å². The fraction of sp³-hybridized carbons (Fsp3) is 0.500. The number of sulfone groups is 1. The minimum absolute atomic E-state index is 0.0385. The van der Waals surface area contributed by atoms with Crippen molar-refractivity contribution in [3.8, 4) is 0 Å². The van der Waals surface area contributed by atoms with Crippen LogP contribution in [0.5, 0.6) is 0 Å². The van der Waals surface area contributed by atoms with E-state index in [4.69, 9.17) is 0 Å². The molecule has 1 fully saturated rings. The minimum atomic E-state index is -3.10. The number of benzene rings is 1. The lowest BCUT2D eigenvalue weighted by molar-refractivity contribution is -0.132. The van der Waals surface area contributed by atoms with Crippen LogP contribution in [-0.4, -0.2) is 55.8 Å². The molecule has 1 heterocycles. The van der Waals surface area contributed by atoms with Crippen LogP contribution < -0.4 is 4.90 Å². The Balaban J connectivity index is 2.14. The molecule has 1 aromatic carbocycles. The number of nitrogens with zero attached hydrogens (tertiary/aromatic N) is 2. The number of carbonyl (C=O) groups excluding carboxylic acids is 2. The van der Waals surface area contributed by atoms with Crippen molar-refractivity contribution in [2.75, 3.05) is 29.5 Å². The van der Waals surface area contributed by atoms with Gasteiger partial charge in [-0.2, -0.15) is 0 Å². The molecule has 0 bridgehead atoms. The van der Waals surface area contributed by atoms with Gasteiger partial charge in [-0.15, -0.1) is 0 Å². The highest BCUT2D eigenvalue weighted by atomic mass is 32.2. The summed E-state index contributed by atoms with van der Waals surface area (Å²) in [6, 6.07) is 4.95. The molecular weight excluding hydrogens is 335 g/mol. The lowest BCUT2D eigenvalue weighted by atomic mass is 10.2. The van der Waals surface area contributed by atoms with E-state index in [0.29, 0.717) is 18.7 Å². The van der Waals surface area contributed by atoms with Crippen LogP contribution in [0.2, 0.25) is 0 Å². The van der Waals surface area contributed by atoms with Gasteiger partial charge in [0, 0.05) is 25.2 Å². The van der Waals surface area contributed by atoms with Gasteiger partial charge in [-0.25, -0.2) is 12.8 Å². The third-order valence-corrected chi connectivity index (χ3v) is 5.87. The summed E-state index contributed by atoms with van der Waals surface area (Å²) in [6.07, 6.45) is 0.415. The second kappa shape index (κ2) is 7.29. The zero-order valence-electron chi connectivity index (χ0n) is 13.7. The van der Waals surface area contributed by atoms with Crippen molar-refractivity contribution in [2.45, 2.75) is 26.3 Å². The molecule has 0 saturated carbocycles. The topological polar surface area (TPSA) is 74.8 Å². The molecule has 0 spiro atoms. The second-order valence-corrected chi connectivity index (χ2v) is 8.05. The Bertz CT molecular complexity index is 718. The summed E-state index contributed by atoms with van der Waals surface area (Å²) in [5, 5.41) is 0. The van der Waals surface area contributed by atoms with Gasteiger partial charge in [-0.3, -0.25) is 9.59 Å². The SMILES string of the molecule is CCN(C(=O)CN(C(C)=O)c1ccc(F)cc1)C1CCS(=O)(=O)C1. The van der Waals surface area contributed by atoms with Crippen molar-refractivity contribution < 1.29 is 22.4 Å². The lowest BCUT2D eigenvalue weighted by Gasteiger charge is -2.30. The summed E-state index contributed by atoms with van der Waals surface area (Å²) in [5.41, 5.74) is 0.423. The van der Waals surface area contributed by atoms with Gasteiger partial charge in [-0.05, 0) is 37.6 Å². The van der Waals surface area contributed by atoms with Crippen LogP contribution in [-0.2, 0) is 19.4 Å². The second-order valence-electron chi connectivity index (χ2n) is 5.82. The van der Waals surface area contributed by atoms with Gasteiger partial charge in [0.25, 0.3) is 0 Å². The van der Waals surface area contributed by atoms with Gasteiger partial charge in [0.05, 0.1) is 11.5 Å². The van der Waals surface area contributed by atoms with E-state index in [-0.39, 0.29) is 35.9 Å². The quantitative estimate of drug-likeness (QED) is 0.795. The maximum Gasteiger partial charge on any atom is 0.242 e. The molecule has 2 rings (SSSR count). The van der Waals surface area contributed by atoms with Gasteiger partial charge >= 0.3 is 0 Å². The molecule has 0 N–H and O–H groups in total. The maximum atomic E-state index is 13.0. The first kappa shape index (κ1) is 18.4. The van der Waals surface area contributed by atoms with Crippen LogP contribution in [0.25, 0.3) is 0 Å². The van der Waals surface area contributed by atoms with Crippen molar-refractivity contribution in [1.29, 1.82) is 0 Å². The summed E-state index contributed by atoms with van der Waals surface area (Å²) in [7, 11) is -3.10. The number of amides is 2. The highest BCUT2D eigenvalue weighted by Gasteiger charge is 2.34. The zero-order valence-corrected chi connectivity index (χ0v) is 14.6. The summed E-state index contributed by atoms with van der Waals surface area (Å²) in [6.45, 7) is 3.27. The van der Waals surface area contributed by atoms with E-state index in [1.54, 1.807) is 6.92 Å². The molecule has 0 aromatic heterocycles. The largest absolute Gasteiger partial charge is 0.337 e. The Morgan fingerprint density at radius 2 is 1.88 bits per heavy atom. The predicted octanol–water partition coefficient (Wildman–Crippen LogP) is 1.21. The Morgan fingerprint density at radius 3 is 2.33 bits per heavy atom. The van der Waals surface area contributed by atoms with E-state index in [1.165, 1.54) is 41.0 Å². The van der Waals surface area contributed by atoms with Gasteiger partial charge in [-0.1, -0.05) is 0 Å². The molecule has 1 aliphatic rings. The van der Waals surface area contributed by atoms with E-state index in [2.05, 4.69) is 0 Å². The van der Waals surface area contributed by atoms with Crippen LogP contribution in [0, 0.1) is 5.82 Å². The summed E-state index contributed by atoms with van der Waals surface area (Å²) >= 11 is 0. The number of hydrogen-bond acceptors (Lipinski definition) is 4. The number of halogens is 1.